The zero-order chi connectivity index (χ0) is 13.3. The number of aliphatic imine (C=N–C) groups is 1. The van der Waals surface area contributed by atoms with E-state index in [0.717, 1.165) is 31.2 Å². The van der Waals surface area contributed by atoms with Crippen LogP contribution in [0.2, 0.25) is 0 Å². The van der Waals surface area contributed by atoms with Crippen molar-refractivity contribution >= 4 is 5.96 Å². The van der Waals surface area contributed by atoms with E-state index in [1.165, 1.54) is 25.7 Å². The maximum absolute atomic E-state index is 4.63. The number of pyridine rings is 1. The number of nitrogens with one attached hydrogen (secondary N) is 2. The topological polar surface area (TPSA) is 49.3 Å². The molecule has 4 heteroatoms. The molecule has 0 aromatic carbocycles. The monoisotopic (exact) mass is 260 g/mol. The van der Waals surface area contributed by atoms with Gasteiger partial charge in [0.2, 0.25) is 0 Å². The Balaban J connectivity index is 1.81. The van der Waals surface area contributed by atoms with Gasteiger partial charge in [-0.3, -0.25) is 9.98 Å². The fourth-order valence-corrected chi connectivity index (χ4v) is 2.41. The van der Waals surface area contributed by atoms with Crippen LogP contribution in [-0.4, -0.2) is 30.1 Å². The molecular weight excluding hydrogens is 236 g/mol. The second-order valence-corrected chi connectivity index (χ2v) is 4.96. The zero-order valence-electron chi connectivity index (χ0n) is 11.7. The molecule has 1 saturated carbocycles. The number of hydrogen-bond acceptors (Lipinski definition) is 2. The van der Waals surface area contributed by atoms with Gasteiger partial charge in [-0.2, -0.15) is 0 Å². The lowest BCUT2D eigenvalue weighted by Crippen LogP contribution is -2.42. The highest BCUT2D eigenvalue weighted by Gasteiger charge is 2.15. The third kappa shape index (κ3) is 4.89. The van der Waals surface area contributed by atoms with Crippen molar-refractivity contribution < 1.29 is 0 Å². The summed E-state index contributed by atoms with van der Waals surface area (Å²) in [5.74, 6) is 0.949. The Hall–Kier alpha value is -1.58. The van der Waals surface area contributed by atoms with Crippen LogP contribution in [0.1, 0.15) is 38.3 Å². The van der Waals surface area contributed by atoms with Gasteiger partial charge in [0, 0.05) is 37.4 Å². The average Bonchev–Trinajstić information content (AvgIpc) is 2.93. The molecule has 0 bridgehead atoms. The van der Waals surface area contributed by atoms with E-state index in [0.29, 0.717) is 6.04 Å². The Labute approximate surface area is 115 Å². The number of aromatic nitrogens is 1. The molecule has 1 aromatic rings. The Morgan fingerprint density at radius 3 is 2.89 bits per heavy atom. The minimum absolute atomic E-state index is 0.604. The maximum Gasteiger partial charge on any atom is 0.191 e. The summed E-state index contributed by atoms with van der Waals surface area (Å²) in [4.78, 5) is 8.94. The van der Waals surface area contributed by atoms with Crippen molar-refractivity contribution in [2.75, 3.05) is 13.1 Å². The number of hydrogen-bond donors (Lipinski definition) is 2. The SMILES string of the molecule is CCNC(=NCCc1ccccn1)NC1CCCC1. The van der Waals surface area contributed by atoms with Gasteiger partial charge in [0.15, 0.2) is 5.96 Å². The van der Waals surface area contributed by atoms with Crippen molar-refractivity contribution in [3.63, 3.8) is 0 Å². The number of nitrogens with zero attached hydrogens (tertiary/aromatic N) is 2. The molecule has 0 amide bonds. The van der Waals surface area contributed by atoms with Crippen molar-refractivity contribution in [2.45, 2.75) is 45.1 Å². The lowest BCUT2D eigenvalue weighted by molar-refractivity contribution is 0.614. The van der Waals surface area contributed by atoms with Crippen molar-refractivity contribution in [3.8, 4) is 0 Å². The maximum atomic E-state index is 4.63. The van der Waals surface area contributed by atoms with Crippen molar-refractivity contribution in [3.05, 3.63) is 30.1 Å². The Morgan fingerprint density at radius 2 is 2.21 bits per heavy atom. The first kappa shape index (κ1) is 13.8. The second kappa shape index (κ2) is 7.77. The quantitative estimate of drug-likeness (QED) is 0.630. The molecule has 2 rings (SSSR count). The van der Waals surface area contributed by atoms with Crippen LogP contribution >= 0.6 is 0 Å². The minimum atomic E-state index is 0.604. The Kier molecular flexibility index (Phi) is 5.66. The van der Waals surface area contributed by atoms with Gasteiger partial charge in [0.1, 0.15) is 0 Å². The largest absolute Gasteiger partial charge is 0.357 e. The van der Waals surface area contributed by atoms with Crippen LogP contribution in [0.5, 0.6) is 0 Å². The van der Waals surface area contributed by atoms with Crippen molar-refractivity contribution in [2.24, 2.45) is 4.99 Å². The van der Waals surface area contributed by atoms with E-state index in [4.69, 9.17) is 0 Å². The van der Waals surface area contributed by atoms with Crippen molar-refractivity contribution in [1.29, 1.82) is 0 Å². The van der Waals surface area contributed by atoms with Gasteiger partial charge in [0.25, 0.3) is 0 Å². The summed E-state index contributed by atoms with van der Waals surface area (Å²) in [7, 11) is 0. The smallest absolute Gasteiger partial charge is 0.191 e. The Bertz CT molecular complexity index is 382. The first-order chi connectivity index (χ1) is 9.38. The average molecular weight is 260 g/mol. The van der Waals surface area contributed by atoms with Crippen LogP contribution in [0.3, 0.4) is 0 Å². The van der Waals surface area contributed by atoms with E-state index in [-0.39, 0.29) is 0 Å². The predicted octanol–water partition coefficient (Wildman–Crippen LogP) is 2.12. The highest BCUT2D eigenvalue weighted by Crippen LogP contribution is 2.17. The van der Waals surface area contributed by atoms with Crippen LogP contribution < -0.4 is 10.6 Å². The van der Waals surface area contributed by atoms with Gasteiger partial charge in [-0.25, -0.2) is 0 Å². The standard InChI is InChI=1S/C15H24N4/c1-2-16-15(19-14-8-3-4-9-14)18-12-10-13-7-5-6-11-17-13/h5-7,11,14H,2-4,8-10,12H2,1H3,(H2,16,18,19). The summed E-state index contributed by atoms with van der Waals surface area (Å²) >= 11 is 0. The third-order valence-electron chi connectivity index (χ3n) is 3.40. The Morgan fingerprint density at radius 1 is 1.37 bits per heavy atom. The minimum Gasteiger partial charge on any atom is -0.357 e. The lowest BCUT2D eigenvalue weighted by atomic mass is 10.2. The number of rotatable bonds is 5. The van der Waals surface area contributed by atoms with Gasteiger partial charge in [-0.15, -0.1) is 0 Å². The molecule has 1 aliphatic rings. The normalized spacial score (nSPS) is 16.6. The van der Waals surface area contributed by atoms with Crippen LogP contribution in [0, 0.1) is 0 Å². The molecule has 4 nitrogen and oxygen atoms in total. The molecule has 0 saturated heterocycles. The highest BCUT2D eigenvalue weighted by molar-refractivity contribution is 5.80. The first-order valence-electron chi connectivity index (χ1n) is 7.33. The molecule has 1 heterocycles. The molecule has 0 radical (unpaired) electrons. The molecule has 0 atom stereocenters. The molecule has 0 unspecified atom stereocenters. The van der Waals surface area contributed by atoms with E-state index in [1.54, 1.807) is 0 Å². The van der Waals surface area contributed by atoms with Crippen LogP contribution in [0.25, 0.3) is 0 Å². The summed E-state index contributed by atoms with van der Waals surface area (Å²) < 4.78 is 0. The summed E-state index contributed by atoms with van der Waals surface area (Å²) in [5, 5.41) is 6.84. The van der Waals surface area contributed by atoms with E-state index >= 15 is 0 Å². The first-order valence-corrected chi connectivity index (χ1v) is 7.33. The summed E-state index contributed by atoms with van der Waals surface area (Å²) in [5.41, 5.74) is 1.10. The predicted molar refractivity (Wildman–Crippen MR) is 79.3 cm³/mol. The summed E-state index contributed by atoms with van der Waals surface area (Å²) in [6, 6.07) is 6.62. The molecule has 2 N–H and O–H groups in total. The van der Waals surface area contributed by atoms with E-state index < -0.39 is 0 Å². The van der Waals surface area contributed by atoms with Crippen LogP contribution in [-0.2, 0) is 6.42 Å². The fourth-order valence-electron chi connectivity index (χ4n) is 2.41. The lowest BCUT2D eigenvalue weighted by Gasteiger charge is -2.16. The summed E-state index contributed by atoms with van der Waals surface area (Å²) in [6.07, 6.45) is 7.94. The third-order valence-corrected chi connectivity index (χ3v) is 3.40. The van der Waals surface area contributed by atoms with E-state index in [1.807, 2.05) is 24.4 Å². The second-order valence-electron chi connectivity index (χ2n) is 4.96. The van der Waals surface area contributed by atoms with Gasteiger partial charge in [-0.1, -0.05) is 18.9 Å². The van der Waals surface area contributed by atoms with Crippen LogP contribution in [0.15, 0.2) is 29.4 Å². The van der Waals surface area contributed by atoms with Gasteiger partial charge in [-0.05, 0) is 31.9 Å². The molecular formula is C15H24N4. The van der Waals surface area contributed by atoms with Gasteiger partial charge >= 0.3 is 0 Å². The van der Waals surface area contributed by atoms with E-state index in [2.05, 4.69) is 27.5 Å². The summed E-state index contributed by atoms with van der Waals surface area (Å²) in [6.45, 7) is 3.78. The van der Waals surface area contributed by atoms with Crippen LogP contribution in [0.4, 0.5) is 0 Å². The molecule has 1 aromatic heterocycles. The zero-order valence-corrected chi connectivity index (χ0v) is 11.7. The van der Waals surface area contributed by atoms with Crippen molar-refractivity contribution in [1.82, 2.24) is 15.6 Å². The number of guanidine groups is 1. The van der Waals surface area contributed by atoms with E-state index in [9.17, 15) is 0 Å². The molecule has 1 aliphatic carbocycles. The molecule has 0 spiro atoms. The van der Waals surface area contributed by atoms with Gasteiger partial charge < -0.3 is 10.6 Å². The van der Waals surface area contributed by atoms with Gasteiger partial charge in [0.05, 0.1) is 0 Å². The highest BCUT2D eigenvalue weighted by atomic mass is 15.2. The fraction of sp³-hybridized carbons (Fsp3) is 0.600. The molecule has 104 valence electrons. The molecule has 1 fully saturated rings. The molecule has 19 heavy (non-hydrogen) atoms. The molecule has 0 aliphatic heterocycles.